The minimum atomic E-state index is -0.722. The van der Waals surface area contributed by atoms with Crippen molar-refractivity contribution in [3.63, 3.8) is 0 Å². The van der Waals surface area contributed by atoms with E-state index in [1.807, 2.05) is 0 Å². The summed E-state index contributed by atoms with van der Waals surface area (Å²) in [5, 5.41) is 19.5. The first-order chi connectivity index (χ1) is 6.06. The summed E-state index contributed by atoms with van der Waals surface area (Å²) in [5.41, 5.74) is -0.439. The van der Waals surface area contributed by atoms with Crippen molar-refractivity contribution >= 4 is 17.3 Å². The van der Waals surface area contributed by atoms with Crippen LogP contribution in [0.2, 0.25) is 5.02 Å². The molecule has 0 amide bonds. The molecule has 5 nitrogen and oxygen atoms in total. The fourth-order valence-corrected chi connectivity index (χ4v) is 1.07. The molecule has 0 fully saturated rings. The molecular formula is C7H6ClNO4. The highest BCUT2D eigenvalue weighted by molar-refractivity contribution is 6.32. The van der Waals surface area contributed by atoms with Gasteiger partial charge in [-0.05, 0) is 0 Å². The molecule has 0 aliphatic heterocycles. The number of ether oxygens (including phenoxy) is 1. The molecular weight excluding hydrogens is 198 g/mol. The van der Waals surface area contributed by atoms with Crippen molar-refractivity contribution in [2.75, 3.05) is 7.11 Å². The molecule has 70 valence electrons. The van der Waals surface area contributed by atoms with Crippen LogP contribution in [0.15, 0.2) is 12.1 Å². The average molecular weight is 204 g/mol. The molecule has 0 aliphatic rings. The first kappa shape index (κ1) is 9.60. The van der Waals surface area contributed by atoms with E-state index < -0.39 is 16.4 Å². The summed E-state index contributed by atoms with van der Waals surface area (Å²) in [6.07, 6.45) is 0. The van der Waals surface area contributed by atoms with E-state index in [-0.39, 0.29) is 10.8 Å². The summed E-state index contributed by atoms with van der Waals surface area (Å²) in [5.74, 6) is -0.268. The second-order valence-electron chi connectivity index (χ2n) is 2.23. The van der Waals surface area contributed by atoms with Crippen molar-refractivity contribution in [1.29, 1.82) is 0 Å². The van der Waals surface area contributed by atoms with Gasteiger partial charge in [0, 0.05) is 12.1 Å². The van der Waals surface area contributed by atoms with Gasteiger partial charge in [0.1, 0.15) is 5.75 Å². The summed E-state index contributed by atoms with van der Waals surface area (Å²) in [6.45, 7) is 0. The summed E-state index contributed by atoms with van der Waals surface area (Å²) in [6, 6.07) is 2.14. The number of halogens is 1. The van der Waals surface area contributed by atoms with Crippen LogP contribution in [0, 0.1) is 10.1 Å². The van der Waals surface area contributed by atoms with Crippen LogP contribution in [0.25, 0.3) is 0 Å². The van der Waals surface area contributed by atoms with Gasteiger partial charge in [-0.15, -0.1) is 0 Å². The van der Waals surface area contributed by atoms with E-state index in [1.165, 1.54) is 7.11 Å². The van der Waals surface area contributed by atoms with E-state index in [1.54, 1.807) is 0 Å². The van der Waals surface area contributed by atoms with Crippen molar-refractivity contribution in [3.8, 4) is 11.5 Å². The number of hydrogen-bond acceptors (Lipinski definition) is 4. The van der Waals surface area contributed by atoms with Crippen molar-refractivity contribution in [3.05, 3.63) is 27.3 Å². The van der Waals surface area contributed by atoms with Gasteiger partial charge in [0.25, 0.3) is 0 Å². The van der Waals surface area contributed by atoms with Crippen LogP contribution in [-0.2, 0) is 0 Å². The van der Waals surface area contributed by atoms with Crippen LogP contribution in [0.3, 0.4) is 0 Å². The quantitative estimate of drug-likeness (QED) is 0.589. The van der Waals surface area contributed by atoms with Crippen molar-refractivity contribution in [2.45, 2.75) is 0 Å². The minimum Gasteiger partial charge on any atom is -0.502 e. The van der Waals surface area contributed by atoms with Gasteiger partial charge in [0.2, 0.25) is 0 Å². The maximum absolute atomic E-state index is 10.3. The second kappa shape index (κ2) is 3.49. The Morgan fingerprint density at radius 1 is 1.62 bits per heavy atom. The Morgan fingerprint density at radius 2 is 2.23 bits per heavy atom. The number of nitro benzene ring substituents is 1. The fourth-order valence-electron chi connectivity index (χ4n) is 0.835. The van der Waals surface area contributed by atoms with E-state index in [2.05, 4.69) is 0 Å². The summed E-state index contributed by atoms with van der Waals surface area (Å²) < 4.78 is 4.75. The lowest BCUT2D eigenvalue weighted by atomic mass is 10.3. The number of rotatable bonds is 2. The highest BCUT2D eigenvalue weighted by Gasteiger charge is 2.16. The Hall–Kier alpha value is -1.49. The van der Waals surface area contributed by atoms with Crippen LogP contribution in [0.5, 0.6) is 11.5 Å². The number of hydrogen-bond donors (Lipinski definition) is 1. The Labute approximate surface area is 78.7 Å². The molecule has 0 saturated carbocycles. The molecule has 1 N–H and O–H groups in total. The lowest BCUT2D eigenvalue weighted by Crippen LogP contribution is -1.90. The van der Waals surface area contributed by atoms with E-state index >= 15 is 0 Å². The van der Waals surface area contributed by atoms with Gasteiger partial charge in [-0.3, -0.25) is 10.1 Å². The number of nitrogens with zero attached hydrogens (tertiary/aromatic N) is 1. The van der Waals surface area contributed by atoms with Crippen molar-refractivity contribution in [1.82, 2.24) is 0 Å². The number of phenols is 1. The highest BCUT2D eigenvalue weighted by Crippen LogP contribution is 2.36. The molecule has 0 bridgehead atoms. The summed E-state index contributed by atoms with van der Waals surface area (Å²) in [4.78, 5) is 9.60. The van der Waals surface area contributed by atoms with Crippen molar-refractivity contribution in [2.24, 2.45) is 0 Å². The number of phenolic OH excluding ortho intramolecular Hbond substituents is 1. The smallest absolute Gasteiger partial charge is 0.312 e. The first-order valence-electron chi connectivity index (χ1n) is 3.27. The zero-order valence-corrected chi connectivity index (χ0v) is 7.41. The van der Waals surface area contributed by atoms with Gasteiger partial charge < -0.3 is 9.84 Å². The number of aromatic hydroxyl groups is 1. The van der Waals surface area contributed by atoms with Gasteiger partial charge in [0.15, 0.2) is 5.75 Å². The third-order valence-electron chi connectivity index (χ3n) is 1.45. The Morgan fingerprint density at radius 3 is 2.69 bits per heavy atom. The van der Waals surface area contributed by atoms with E-state index in [0.717, 1.165) is 12.1 Å². The molecule has 1 aromatic rings. The largest absolute Gasteiger partial charge is 0.502 e. The normalized spacial score (nSPS) is 9.69. The van der Waals surface area contributed by atoms with Crippen molar-refractivity contribution < 1.29 is 14.8 Å². The molecule has 0 heterocycles. The Bertz CT molecular complexity index is 353. The van der Waals surface area contributed by atoms with Gasteiger partial charge in [-0.25, -0.2) is 0 Å². The molecule has 0 atom stereocenters. The Kier molecular flexibility index (Phi) is 2.57. The van der Waals surface area contributed by atoms with Gasteiger partial charge in [0.05, 0.1) is 17.1 Å². The molecule has 0 unspecified atom stereocenters. The topological polar surface area (TPSA) is 72.6 Å². The summed E-state index contributed by atoms with van der Waals surface area (Å²) >= 11 is 5.61. The molecule has 13 heavy (non-hydrogen) atoms. The monoisotopic (exact) mass is 203 g/mol. The lowest BCUT2D eigenvalue weighted by molar-refractivity contribution is -0.385. The van der Waals surface area contributed by atoms with Crippen LogP contribution in [0.4, 0.5) is 5.69 Å². The van der Waals surface area contributed by atoms with Crippen LogP contribution < -0.4 is 4.74 Å². The number of methoxy groups -OCH3 is 1. The molecule has 1 rings (SSSR count). The van der Waals surface area contributed by atoms with Gasteiger partial charge >= 0.3 is 5.69 Å². The van der Waals surface area contributed by atoms with Gasteiger partial charge in [-0.2, -0.15) is 0 Å². The van der Waals surface area contributed by atoms with E-state index in [0.29, 0.717) is 0 Å². The van der Waals surface area contributed by atoms with E-state index in [4.69, 9.17) is 21.4 Å². The first-order valence-corrected chi connectivity index (χ1v) is 3.65. The van der Waals surface area contributed by atoms with Gasteiger partial charge in [-0.1, -0.05) is 11.6 Å². The second-order valence-corrected chi connectivity index (χ2v) is 2.64. The van der Waals surface area contributed by atoms with Crippen LogP contribution >= 0.6 is 11.6 Å². The third-order valence-corrected chi connectivity index (χ3v) is 1.74. The fraction of sp³-hybridized carbons (Fsp3) is 0.143. The average Bonchev–Trinajstić information content (AvgIpc) is 2.07. The minimum absolute atomic E-state index is 0.0898. The standard InChI is InChI=1S/C7H6ClNO4/c1-13-7-3-6(10)5(9(11)12)2-4(7)8/h2-3,10H,1H3. The molecule has 0 saturated heterocycles. The molecule has 0 aromatic heterocycles. The molecule has 6 heteroatoms. The maximum atomic E-state index is 10.3. The molecule has 1 aromatic carbocycles. The molecule has 0 aliphatic carbocycles. The maximum Gasteiger partial charge on any atom is 0.312 e. The van der Waals surface area contributed by atoms with Crippen LogP contribution in [0.1, 0.15) is 0 Å². The lowest BCUT2D eigenvalue weighted by Gasteiger charge is -2.03. The number of benzene rings is 1. The Balaban J connectivity index is 3.28. The summed E-state index contributed by atoms with van der Waals surface area (Å²) in [7, 11) is 1.35. The molecule has 0 spiro atoms. The SMILES string of the molecule is COc1cc(O)c([N+](=O)[O-])cc1Cl. The zero-order chi connectivity index (χ0) is 10.0. The predicted octanol–water partition coefficient (Wildman–Crippen LogP) is 1.96. The van der Waals surface area contributed by atoms with Crippen LogP contribution in [-0.4, -0.2) is 17.1 Å². The predicted molar refractivity (Wildman–Crippen MR) is 46.3 cm³/mol. The zero-order valence-electron chi connectivity index (χ0n) is 6.65. The van der Waals surface area contributed by atoms with E-state index in [9.17, 15) is 10.1 Å². The molecule has 0 radical (unpaired) electrons. The highest BCUT2D eigenvalue weighted by atomic mass is 35.5. The number of nitro groups is 1. The third kappa shape index (κ3) is 1.81.